The summed E-state index contributed by atoms with van der Waals surface area (Å²) < 4.78 is 25.6. The summed E-state index contributed by atoms with van der Waals surface area (Å²) in [5.74, 6) is 0.198. The lowest BCUT2D eigenvalue weighted by Crippen LogP contribution is -2.57. The van der Waals surface area contributed by atoms with Gasteiger partial charge in [-0.25, -0.2) is 8.42 Å². The quantitative estimate of drug-likeness (QED) is 0.335. The monoisotopic (exact) mass is 320 g/mol. The van der Waals surface area contributed by atoms with E-state index in [0.29, 0.717) is 26.2 Å². The summed E-state index contributed by atoms with van der Waals surface area (Å²) in [6, 6.07) is -0.125. The molecule has 1 heterocycles. The molecule has 0 bridgehead atoms. The van der Waals surface area contributed by atoms with Gasteiger partial charge in [0.15, 0.2) is 5.84 Å². The van der Waals surface area contributed by atoms with Crippen molar-refractivity contribution in [3.05, 3.63) is 0 Å². The zero-order chi connectivity index (χ0) is 16.3. The van der Waals surface area contributed by atoms with Crippen LogP contribution in [-0.2, 0) is 10.0 Å². The fourth-order valence-electron chi connectivity index (χ4n) is 2.50. The highest BCUT2D eigenvalue weighted by molar-refractivity contribution is 7.90. The molecular weight excluding hydrogens is 292 g/mol. The average Bonchev–Trinajstić information content (AvgIpc) is 2.43. The normalized spacial score (nSPS) is 21.4. The fourth-order valence-corrected chi connectivity index (χ4v) is 3.92. The second-order valence-corrected chi connectivity index (χ2v) is 9.07. The summed E-state index contributed by atoms with van der Waals surface area (Å²) in [7, 11) is -3.29. The van der Waals surface area contributed by atoms with Crippen molar-refractivity contribution < 1.29 is 13.6 Å². The van der Waals surface area contributed by atoms with E-state index in [1.165, 1.54) is 0 Å². The zero-order valence-electron chi connectivity index (χ0n) is 13.4. The van der Waals surface area contributed by atoms with Gasteiger partial charge in [0.05, 0.1) is 10.8 Å². The van der Waals surface area contributed by atoms with Gasteiger partial charge in [-0.15, -0.1) is 0 Å². The number of hydrogen-bond acceptors (Lipinski definition) is 5. The molecule has 8 heteroatoms. The maximum absolute atomic E-state index is 12.4. The van der Waals surface area contributed by atoms with Crippen LogP contribution in [0.5, 0.6) is 0 Å². The SMILES string of the molecule is CCCC(C(N)=NO)N1CCN(S(=O)(=O)C(C)(C)C)CC1. The molecule has 0 spiro atoms. The smallest absolute Gasteiger partial charge is 0.219 e. The first-order valence-corrected chi connectivity index (χ1v) is 8.80. The Labute approximate surface area is 127 Å². The van der Waals surface area contributed by atoms with Crippen LogP contribution in [0.3, 0.4) is 0 Å². The summed E-state index contributed by atoms with van der Waals surface area (Å²) in [6.07, 6.45) is 1.71. The molecule has 1 aliphatic rings. The number of hydrogen-bond donors (Lipinski definition) is 2. The van der Waals surface area contributed by atoms with Crippen molar-refractivity contribution in [2.45, 2.75) is 51.3 Å². The molecule has 7 nitrogen and oxygen atoms in total. The van der Waals surface area contributed by atoms with Gasteiger partial charge in [-0.2, -0.15) is 4.31 Å². The third-order valence-electron chi connectivity index (χ3n) is 3.85. The van der Waals surface area contributed by atoms with Crippen LogP contribution in [0.2, 0.25) is 0 Å². The number of amidine groups is 1. The minimum atomic E-state index is -3.29. The lowest BCUT2D eigenvalue weighted by atomic mass is 10.1. The van der Waals surface area contributed by atoms with E-state index in [9.17, 15) is 8.42 Å². The molecule has 124 valence electrons. The van der Waals surface area contributed by atoms with Crippen molar-refractivity contribution in [2.75, 3.05) is 26.2 Å². The summed E-state index contributed by atoms with van der Waals surface area (Å²) in [4.78, 5) is 2.09. The van der Waals surface area contributed by atoms with Crippen LogP contribution >= 0.6 is 0 Å². The van der Waals surface area contributed by atoms with E-state index in [1.54, 1.807) is 25.1 Å². The van der Waals surface area contributed by atoms with Crippen LogP contribution in [0.4, 0.5) is 0 Å². The van der Waals surface area contributed by atoms with Gasteiger partial charge in [0.25, 0.3) is 0 Å². The molecule has 1 unspecified atom stereocenters. The Hall–Kier alpha value is -0.860. The zero-order valence-corrected chi connectivity index (χ0v) is 14.2. The van der Waals surface area contributed by atoms with Crippen LogP contribution in [0, 0.1) is 0 Å². The van der Waals surface area contributed by atoms with Gasteiger partial charge in [-0.3, -0.25) is 4.90 Å². The highest BCUT2D eigenvalue weighted by Gasteiger charge is 2.38. The first-order valence-electron chi connectivity index (χ1n) is 7.36. The molecule has 0 aromatic heterocycles. The third kappa shape index (κ3) is 4.08. The standard InChI is InChI=1S/C13H28N4O3S/c1-5-6-11(12(14)15-18)16-7-9-17(10-8-16)21(19,20)13(2,3)4/h11,18H,5-10H2,1-4H3,(H2,14,15). The number of piperazine rings is 1. The minimum absolute atomic E-state index is 0.125. The van der Waals surface area contributed by atoms with E-state index in [1.807, 2.05) is 6.92 Å². The van der Waals surface area contributed by atoms with E-state index in [0.717, 1.165) is 12.8 Å². The summed E-state index contributed by atoms with van der Waals surface area (Å²) in [5.41, 5.74) is 5.75. The first kappa shape index (κ1) is 18.2. The topological polar surface area (TPSA) is 99.2 Å². The Morgan fingerprint density at radius 3 is 2.19 bits per heavy atom. The summed E-state index contributed by atoms with van der Waals surface area (Å²) in [5, 5.41) is 12.0. The van der Waals surface area contributed by atoms with Gasteiger partial charge in [0.1, 0.15) is 0 Å². The van der Waals surface area contributed by atoms with Crippen LogP contribution in [0.15, 0.2) is 5.16 Å². The number of nitrogens with zero attached hydrogens (tertiary/aromatic N) is 3. The molecule has 3 N–H and O–H groups in total. The molecule has 1 aliphatic heterocycles. The molecule has 1 saturated heterocycles. The number of sulfonamides is 1. The van der Waals surface area contributed by atoms with Crippen LogP contribution in [0.25, 0.3) is 0 Å². The molecule has 21 heavy (non-hydrogen) atoms. The van der Waals surface area contributed by atoms with Crippen molar-refractivity contribution in [3.63, 3.8) is 0 Å². The minimum Gasteiger partial charge on any atom is -0.409 e. The maximum atomic E-state index is 12.4. The first-order chi connectivity index (χ1) is 9.65. The second kappa shape index (κ2) is 6.93. The van der Waals surface area contributed by atoms with Gasteiger partial charge in [0, 0.05) is 26.2 Å². The second-order valence-electron chi connectivity index (χ2n) is 6.38. The highest BCUT2D eigenvalue weighted by Crippen LogP contribution is 2.22. The molecule has 0 aromatic rings. The van der Waals surface area contributed by atoms with Crippen molar-refractivity contribution in [1.29, 1.82) is 0 Å². The molecule has 0 saturated carbocycles. The van der Waals surface area contributed by atoms with E-state index in [2.05, 4.69) is 10.1 Å². The van der Waals surface area contributed by atoms with E-state index >= 15 is 0 Å². The summed E-state index contributed by atoms with van der Waals surface area (Å²) >= 11 is 0. The number of oxime groups is 1. The Morgan fingerprint density at radius 2 is 1.81 bits per heavy atom. The van der Waals surface area contributed by atoms with Crippen LogP contribution < -0.4 is 5.73 Å². The van der Waals surface area contributed by atoms with Crippen LogP contribution in [-0.4, -0.2) is 65.6 Å². The van der Waals surface area contributed by atoms with E-state index in [4.69, 9.17) is 10.9 Å². The Kier molecular flexibility index (Phi) is 6.01. The number of nitrogens with two attached hydrogens (primary N) is 1. The Bertz CT molecular complexity index is 462. The molecule has 0 amide bonds. The van der Waals surface area contributed by atoms with Gasteiger partial charge in [-0.1, -0.05) is 18.5 Å². The number of rotatable bonds is 5. The van der Waals surface area contributed by atoms with Gasteiger partial charge >= 0.3 is 0 Å². The molecule has 1 rings (SSSR count). The molecule has 1 atom stereocenters. The van der Waals surface area contributed by atoms with Gasteiger partial charge < -0.3 is 10.9 Å². The Balaban J connectivity index is 2.75. The van der Waals surface area contributed by atoms with Gasteiger partial charge in [0.2, 0.25) is 10.0 Å². The summed E-state index contributed by atoms with van der Waals surface area (Å²) in [6.45, 7) is 9.25. The fraction of sp³-hybridized carbons (Fsp3) is 0.923. The van der Waals surface area contributed by atoms with Crippen molar-refractivity contribution in [3.8, 4) is 0 Å². The largest absolute Gasteiger partial charge is 0.409 e. The third-order valence-corrected chi connectivity index (χ3v) is 6.44. The predicted molar refractivity (Wildman–Crippen MR) is 83.9 cm³/mol. The lowest BCUT2D eigenvalue weighted by Gasteiger charge is -2.40. The molecule has 0 aromatic carbocycles. The van der Waals surface area contributed by atoms with Crippen molar-refractivity contribution in [1.82, 2.24) is 9.21 Å². The lowest BCUT2D eigenvalue weighted by molar-refractivity contribution is 0.157. The molecule has 0 aliphatic carbocycles. The van der Waals surface area contributed by atoms with Gasteiger partial charge in [-0.05, 0) is 27.2 Å². The average molecular weight is 320 g/mol. The van der Waals surface area contributed by atoms with Crippen molar-refractivity contribution >= 4 is 15.9 Å². The molecular formula is C13H28N4O3S. The maximum Gasteiger partial charge on any atom is 0.219 e. The van der Waals surface area contributed by atoms with Crippen LogP contribution in [0.1, 0.15) is 40.5 Å². The predicted octanol–water partition coefficient (Wildman–Crippen LogP) is 0.647. The molecule has 1 fully saturated rings. The van der Waals surface area contributed by atoms with E-state index < -0.39 is 14.8 Å². The van der Waals surface area contributed by atoms with E-state index in [-0.39, 0.29) is 11.9 Å². The highest BCUT2D eigenvalue weighted by atomic mass is 32.2. The molecule has 0 radical (unpaired) electrons. The van der Waals surface area contributed by atoms with Crippen molar-refractivity contribution in [2.24, 2.45) is 10.9 Å². The Morgan fingerprint density at radius 1 is 1.29 bits per heavy atom.